The summed E-state index contributed by atoms with van der Waals surface area (Å²) in [7, 11) is 0. The van der Waals surface area contributed by atoms with E-state index in [1.807, 2.05) is 35.2 Å². The zero-order valence-corrected chi connectivity index (χ0v) is 15.3. The van der Waals surface area contributed by atoms with Crippen molar-refractivity contribution in [3.63, 3.8) is 0 Å². The summed E-state index contributed by atoms with van der Waals surface area (Å²) in [6, 6.07) is 15.7. The molecule has 0 bridgehead atoms. The summed E-state index contributed by atoms with van der Waals surface area (Å²) in [5.41, 5.74) is 3.67. The van der Waals surface area contributed by atoms with Gasteiger partial charge in [-0.05, 0) is 24.6 Å². The van der Waals surface area contributed by atoms with E-state index in [1.54, 1.807) is 6.07 Å². The van der Waals surface area contributed by atoms with E-state index in [2.05, 4.69) is 17.1 Å². The van der Waals surface area contributed by atoms with Crippen molar-refractivity contribution in [1.29, 1.82) is 0 Å². The number of halogens is 1. The van der Waals surface area contributed by atoms with Crippen LogP contribution in [0.1, 0.15) is 24.1 Å². The van der Waals surface area contributed by atoms with Gasteiger partial charge in [0.15, 0.2) is 0 Å². The molecule has 0 saturated carbocycles. The maximum absolute atomic E-state index is 12.6. The Morgan fingerprint density at radius 1 is 1.15 bits per heavy atom. The first-order valence-corrected chi connectivity index (χ1v) is 9.34. The van der Waals surface area contributed by atoms with E-state index < -0.39 is 0 Å². The summed E-state index contributed by atoms with van der Waals surface area (Å²) < 4.78 is 5.67. The highest BCUT2D eigenvalue weighted by Gasteiger charge is 2.23. The Hall–Kier alpha value is -2.46. The van der Waals surface area contributed by atoms with Crippen LogP contribution in [0.3, 0.4) is 0 Å². The molecule has 0 radical (unpaired) electrons. The van der Waals surface area contributed by atoms with Gasteiger partial charge in [0, 0.05) is 48.1 Å². The molecule has 134 valence electrons. The molecule has 1 aliphatic heterocycles. The van der Waals surface area contributed by atoms with Gasteiger partial charge in [-0.15, -0.1) is 0 Å². The van der Waals surface area contributed by atoms with Gasteiger partial charge >= 0.3 is 0 Å². The summed E-state index contributed by atoms with van der Waals surface area (Å²) in [6.07, 6.45) is 2.05. The van der Waals surface area contributed by atoms with Gasteiger partial charge in [-0.3, -0.25) is 4.79 Å². The number of H-pyrrole nitrogens is 1. The third-order valence-electron chi connectivity index (χ3n) is 4.86. The Balaban J connectivity index is 1.32. The first-order valence-electron chi connectivity index (χ1n) is 8.96. The molecular formula is C21H21ClN2O2. The van der Waals surface area contributed by atoms with Gasteiger partial charge in [-0.25, -0.2) is 0 Å². The lowest BCUT2D eigenvalue weighted by molar-refractivity contribution is -0.132. The fraction of sp³-hybridized carbons (Fsp3) is 0.286. The smallest absolute Gasteiger partial charge is 0.223 e. The molecule has 0 spiro atoms. The average molecular weight is 369 g/mol. The van der Waals surface area contributed by atoms with E-state index in [1.165, 1.54) is 16.6 Å². The Kier molecular flexibility index (Phi) is 4.85. The lowest BCUT2D eigenvalue weighted by atomic mass is 10.0. The van der Waals surface area contributed by atoms with E-state index in [9.17, 15) is 4.79 Å². The number of amides is 1. The molecule has 0 fully saturated rings. The summed E-state index contributed by atoms with van der Waals surface area (Å²) in [6.45, 7) is 1.94. The number of fused-ring (bicyclic) bond motifs is 3. The van der Waals surface area contributed by atoms with E-state index in [4.69, 9.17) is 16.3 Å². The van der Waals surface area contributed by atoms with Crippen LogP contribution in [0.25, 0.3) is 10.9 Å². The lowest BCUT2D eigenvalue weighted by Gasteiger charge is -2.27. The number of nitrogens with one attached hydrogen (secondary N) is 1. The number of nitrogens with zero attached hydrogens (tertiary/aromatic N) is 1. The Morgan fingerprint density at radius 2 is 1.96 bits per heavy atom. The molecule has 2 heterocycles. The summed E-state index contributed by atoms with van der Waals surface area (Å²) in [5.74, 6) is 0.853. The van der Waals surface area contributed by atoms with Crippen LogP contribution in [0, 0.1) is 0 Å². The molecule has 2 aromatic carbocycles. The molecule has 0 unspecified atom stereocenters. The quantitative estimate of drug-likeness (QED) is 0.671. The fourth-order valence-electron chi connectivity index (χ4n) is 3.50. The minimum Gasteiger partial charge on any atom is -0.492 e. The minimum atomic E-state index is 0.184. The van der Waals surface area contributed by atoms with Gasteiger partial charge in [0.1, 0.15) is 5.75 Å². The molecule has 3 aromatic rings. The van der Waals surface area contributed by atoms with Crippen LogP contribution in [0.2, 0.25) is 5.02 Å². The number of ether oxygens (including phenoxy) is 1. The highest BCUT2D eigenvalue weighted by atomic mass is 35.5. The fourth-order valence-corrected chi connectivity index (χ4v) is 3.70. The largest absolute Gasteiger partial charge is 0.492 e. The van der Waals surface area contributed by atoms with Crippen LogP contribution >= 0.6 is 11.6 Å². The molecule has 4 rings (SSSR count). The number of aromatic nitrogens is 1. The third kappa shape index (κ3) is 3.42. The molecular weight excluding hydrogens is 348 g/mol. The highest BCUT2D eigenvalue weighted by Crippen LogP contribution is 2.28. The second-order valence-corrected chi connectivity index (χ2v) is 6.98. The van der Waals surface area contributed by atoms with Crippen molar-refractivity contribution in [3.05, 3.63) is 64.8 Å². The van der Waals surface area contributed by atoms with Gasteiger partial charge in [0.2, 0.25) is 5.91 Å². The van der Waals surface area contributed by atoms with Gasteiger partial charge in [0.05, 0.1) is 11.6 Å². The van der Waals surface area contributed by atoms with Crippen molar-refractivity contribution in [1.82, 2.24) is 9.88 Å². The monoisotopic (exact) mass is 368 g/mol. The molecule has 0 aliphatic carbocycles. The molecule has 1 aromatic heterocycles. The number of hydrogen-bond acceptors (Lipinski definition) is 2. The molecule has 1 aliphatic rings. The Morgan fingerprint density at radius 3 is 2.85 bits per heavy atom. The normalized spacial score (nSPS) is 13.7. The first-order chi connectivity index (χ1) is 12.7. The van der Waals surface area contributed by atoms with Gasteiger partial charge < -0.3 is 14.6 Å². The maximum Gasteiger partial charge on any atom is 0.223 e. The number of rotatable bonds is 5. The molecule has 0 saturated heterocycles. The van der Waals surface area contributed by atoms with Crippen LogP contribution in [0.4, 0.5) is 0 Å². The molecule has 0 atom stereocenters. The van der Waals surface area contributed by atoms with E-state index >= 15 is 0 Å². The Labute approximate surface area is 157 Å². The lowest BCUT2D eigenvalue weighted by Crippen LogP contribution is -2.35. The van der Waals surface area contributed by atoms with Crippen LogP contribution in [0.15, 0.2) is 48.5 Å². The molecule has 5 heteroatoms. The van der Waals surface area contributed by atoms with Gasteiger partial charge in [0.25, 0.3) is 0 Å². The third-order valence-corrected chi connectivity index (χ3v) is 5.18. The first kappa shape index (κ1) is 17.0. The zero-order chi connectivity index (χ0) is 17.9. The molecule has 1 amide bonds. The summed E-state index contributed by atoms with van der Waals surface area (Å²) in [4.78, 5) is 18.0. The molecule has 26 heavy (non-hydrogen) atoms. The second-order valence-electron chi connectivity index (χ2n) is 6.58. The number of carbonyl (C=O) groups excluding carboxylic acids is 1. The van der Waals surface area contributed by atoms with Crippen molar-refractivity contribution < 1.29 is 9.53 Å². The topological polar surface area (TPSA) is 45.3 Å². The van der Waals surface area contributed by atoms with Crippen LogP contribution in [0.5, 0.6) is 5.75 Å². The number of para-hydroxylation sites is 2. The Bertz CT molecular complexity index is 935. The number of carbonyl (C=O) groups is 1. The van der Waals surface area contributed by atoms with Gasteiger partial charge in [-0.1, -0.05) is 41.9 Å². The number of aromatic amines is 1. The molecule has 1 N–H and O–H groups in total. The highest BCUT2D eigenvalue weighted by molar-refractivity contribution is 6.32. The second kappa shape index (κ2) is 7.42. The minimum absolute atomic E-state index is 0.184. The summed E-state index contributed by atoms with van der Waals surface area (Å²) in [5, 5.41) is 1.82. The van der Waals surface area contributed by atoms with E-state index in [-0.39, 0.29) is 5.91 Å². The number of hydrogen-bond donors (Lipinski definition) is 1. The summed E-state index contributed by atoms with van der Waals surface area (Å²) >= 11 is 6.07. The van der Waals surface area contributed by atoms with E-state index in [0.717, 1.165) is 18.5 Å². The standard InChI is InChI=1S/C21H21ClN2O2/c22-17-7-2-4-9-20(17)26-13-5-10-21(25)24-12-11-19-16(14-24)15-6-1-3-8-18(15)23-19/h1-4,6-9,23H,5,10-14H2. The van der Waals surface area contributed by atoms with Crippen LogP contribution in [-0.2, 0) is 17.8 Å². The van der Waals surface area contributed by atoms with Crippen molar-refractivity contribution in [2.24, 2.45) is 0 Å². The zero-order valence-electron chi connectivity index (χ0n) is 14.5. The van der Waals surface area contributed by atoms with Crippen molar-refractivity contribution in [3.8, 4) is 5.75 Å². The van der Waals surface area contributed by atoms with E-state index in [0.29, 0.717) is 36.8 Å². The predicted octanol–water partition coefficient (Wildman–Crippen LogP) is 4.57. The SMILES string of the molecule is O=C(CCCOc1ccccc1Cl)N1CCc2[nH]c3ccccc3c2C1. The number of benzene rings is 2. The van der Waals surface area contributed by atoms with Crippen molar-refractivity contribution in [2.45, 2.75) is 25.8 Å². The predicted molar refractivity (Wildman–Crippen MR) is 104 cm³/mol. The molecule has 4 nitrogen and oxygen atoms in total. The van der Waals surface area contributed by atoms with Crippen molar-refractivity contribution >= 4 is 28.4 Å². The average Bonchev–Trinajstić information content (AvgIpc) is 3.04. The van der Waals surface area contributed by atoms with Crippen LogP contribution in [-0.4, -0.2) is 28.9 Å². The van der Waals surface area contributed by atoms with Crippen molar-refractivity contribution in [2.75, 3.05) is 13.2 Å². The van der Waals surface area contributed by atoms with Crippen LogP contribution < -0.4 is 4.74 Å². The maximum atomic E-state index is 12.6. The van der Waals surface area contributed by atoms with Gasteiger partial charge in [-0.2, -0.15) is 0 Å².